The summed E-state index contributed by atoms with van der Waals surface area (Å²) in [6.45, 7) is 7.72. The molecule has 0 spiro atoms. The molecule has 1 aliphatic carbocycles. The van der Waals surface area contributed by atoms with Gasteiger partial charge in [0, 0.05) is 35.0 Å². The number of carbonyl (C=O) groups is 2. The molecule has 0 saturated heterocycles. The van der Waals surface area contributed by atoms with Crippen LogP contribution in [0, 0.1) is 11.2 Å². The number of allylic oxidation sites excluding steroid dienone is 3. The van der Waals surface area contributed by atoms with Gasteiger partial charge in [0.1, 0.15) is 11.6 Å². The number of esters is 1. The monoisotopic (exact) mass is 387 g/mol. The van der Waals surface area contributed by atoms with Gasteiger partial charge in [-0.25, -0.2) is 9.18 Å². The zero-order valence-electron chi connectivity index (χ0n) is 16.9. The molecule has 0 fully saturated rings. The first kappa shape index (κ1) is 20.1. The molecule has 6 heteroatoms. The summed E-state index contributed by atoms with van der Waals surface area (Å²) in [5.74, 6) is -1.57. The van der Waals surface area contributed by atoms with Crippen LogP contribution in [0.15, 0.2) is 40.7 Å². The number of halogens is 1. The van der Waals surface area contributed by atoms with Crippen LogP contribution in [-0.4, -0.2) is 25.5 Å². The summed E-state index contributed by atoms with van der Waals surface area (Å²) in [4.78, 5) is 25.8. The first-order valence-electron chi connectivity index (χ1n) is 9.43. The van der Waals surface area contributed by atoms with E-state index in [2.05, 4.69) is 5.32 Å². The number of hydrogen-bond donors (Lipinski definition) is 1. The number of methoxy groups -OCH3 is 1. The number of ketones is 1. The quantitative estimate of drug-likeness (QED) is 0.791. The lowest BCUT2D eigenvalue weighted by atomic mass is 9.68. The van der Waals surface area contributed by atoms with Gasteiger partial charge in [-0.05, 0) is 31.7 Å². The minimum Gasteiger partial charge on any atom is -0.497 e. The molecule has 1 atom stereocenters. The minimum atomic E-state index is -0.801. The van der Waals surface area contributed by atoms with E-state index in [-0.39, 0.29) is 28.9 Å². The smallest absolute Gasteiger partial charge is 0.336 e. The summed E-state index contributed by atoms with van der Waals surface area (Å²) in [5, 5.41) is 3.23. The maximum Gasteiger partial charge on any atom is 0.336 e. The van der Waals surface area contributed by atoms with Gasteiger partial charge in [0.05, 0.1) is 25.2 Å². The van der Waals surface area contributed by atoms with Gasteiger partial charge in [-0.3, -0.25) is 4.79 Å². The van der Waals surface area contributed by atoms with Gasteiger partial charge in [-0.15, -0.1) is 0 Å². The Labute approximate surface area is 164 Å². The third-order valence-electron chi connectivity index (χ3n) is 5.25. The molecule has 0 bridgehead atoms. The molecule has 5 nitrogen and oxygen atoms in total. The molecule has 1 aromatic rings. The lowest BCUT2D eigenvalue weighted by molar-refractivity contribution is -0.138. The molecule has 0 saturated carbocycles. The predicted octanol–water partition coefficient (Wildman–Crippen LogP) is 4.00. The summed E-state index contributed by atoms with van der Waals surface area (Å²) in [7, 11) is 1.46. The molecular weight excluding hydrogens is 361 g/mol. The first-order valence-corrected chi connectivity index (χ1v) is 9.43. The van der Waals surface area contributed by atoms with Crippen molar-refractivity contribution in [2.24, 2.45) is 5.41 Å². The number of ether oxygens (including phenoxy) is 2. The van der Waals surface area contributed by atoms with Crippen LogP contribution < -0.4 is 10.1 Å². The van der Waals surface area contributed by atoms with Crippen molar-refractivity contribution >= 4 is 11.8 Å². The van der Waals surface area contributed by atoms with Crippen LogP contribution in [0.25, 0.3) is 0 Å². The SMILES string of the molecule is CCOC(=O)C1=C(C)NC2=C(C(=O)CC(C)(C)C2)[C@@H]1c1ccc(OC)cc1F. The Hall–Kier alpha value is -2.63. The van der Waals surface area contributed by atoms with Crippen molar-refractivity contribution in [3.05, 3.63) is 52.1 Å². The van der Waals surface area contributed by atoms with Crippen molar-refractivity contribution in [1.29, 1.82) is 0 Å². The second-order valence-corrected chi connectivity index (χ2v) is 8.04. The highest BCUT2D eigenvalue weighted by atomic mass is 19.1. The molecule has 28 heavy (non-hydrogen) atoms. The lowest BCUT2D eigenvalue weighted by Gasteiger charge is -2.39. The van der Waals surface area contributed by atoms with Crippen LogP contribution in [0.3, 0.4) is 0 Å². The zero-order valence-corrected chi connectivity index (χ0v) is 16.9. The van der Waals surface area contributed by atoms with Crippen LogP contribution in [-0.2, 0) is 14.3 Å². The van der Waals surface area contributed by atoms with Gasteiger partial charge in [-0.1, -0.05) is 19.9 Å². The van der Waals surface area contributed by atoms with Gasteiger partial charge in [0.2, 0.25) is 0 Å². The van der Waals surface area contributed by atoms with E-state index in [4.69, 9.17) is 9.47 Å². The third kappa shape index (κ3) is 3.55. The Balaban J connectivity index is 2.21. The van der Waals surface area contributed by atoms with Gasteiger partial charge < -0.3 is 14.8 Å². The summed E-state index contributed by atoms with van der Waals surface area (Å²) in [6, 6.07) is 4.48. The molecule has 1 N–H and O–H groups in total. The van der Waals surface area contributed by atoms with Crippen molar-refractivity contribution in [2.45, 2.75) is 46.5 Å². The largest absolute Gasteiger partial charge is 0.497 e. The van der Waals surface area contributed by atoms with Gasteiger partial charge in [0.25, 0.3) is 0 Å². The summed E-state index contributed by atoms with van der Waals surface area (Å²) >= 11 is 0. The van der Waals surface area contributed by atoms with Crippen molar-refractivity contribution in [2.75, 3.05) is 13.7 Å². The normalized spacial score (nSPS) is 21.2. The van der Waals surface area contributed by atoms with E-state index >= 15 is 4.39 Å². The molecule has 1 aliphatic heterocycles. The van der Waals surface area contributed by atoms with Crippen molar-refractivity contribution < 1.29 is 23.5 Å². The zero-order chi connectivity index (χ0) is 20.6. The lowest BCUT2D eigenvalue weighted by Crippen LogP contribution is -2.39. The minimum absolute atomic E-state index is 0.0757. The van der Waals surface area contributed by atoms with E-state index in [9.17, 15) is 9.59 Å². The highest BCUT2D eigenvalue weighted by Gasteiger charge is 2.43. The summed E-state index contributed by atoms with van der Waals surface area (Å²) in [5.41, 5.74) is 2.14. The molecular formula is C22H26FNO4. The summed E-state index contributed by atoms with van der Waals surface area (Å²) < 4.78 is 25.3. The van der Waals surface area contributed by atoms with E-state index in [0.717, 1.165) is 5.70 Å². The Kier molecular flexibility index (Phi) is 5.33. The topological polar surface area (TPSA) is 64.6 Å². The van der Waals surface area contributed by atoms with E-state index in [1.165, 1.54) is 13.2 Å². The fraction of sp³-hybridized carbons (Fsp3) is 0.455. The van der Waals surface area contributed by atoms with E-state index in [1.807, 2.05) is 13.8 Å². The number of nitrogens with one attached hydrogen (secondary N) is 1. The van der Waals surface area contributed by atoms with Crippen molar-refractivity contribution in [1.82, 2.24) is 5.32 Å². The first-order chi connectivity index (χ1) is 13.2. The van der Waals surface area contributed by atoms with Crippen LogP contribution in [0.2, 0.25) is 0 Å². The maximum absolute atomic E-state index is 15.0. The molecule has 3 rings (SSSR count). The fourth-order valence-corrected chi connectivity index (χ4v) is 4.10. The standard InChI is InChI=1S/C22H26FNO4/c1-6-28-21(26)18-12(2)24-16-10-22(3,4)11-17(25)20(16)19(18)14-8-7-13(27-5)9-15(14)23/h7-9,19,24H,6,10-11H2,1-5H3/t19-/m1/s1. The van der Waals surface area contributed by atoms with Gasteiger partial charge >= 0.3 is 5.97 Å². The van der Waals surface area contributed by atoms with Gasteiger partial charge in [0.15, 0.2) is 5.78 Å². The number of carbonyl (C=O) groups excluding carboxylic acids is 2. The van der Waals surface area contributed by atoms with Crippen LogP contribution in [0.5, 0.6) is 5.75 Å². The Bertz CT molecular complexity index is 898. The number of benzene rings is 1. The Morgan fingerprint density at radius 2 is 2.04 bits per heavy atom. The van der Waals surface area contributed by atoms with Crippen LogP contribution in [0.1, 0.15) is 52.0 Å². The average molecular weight is 387 g/mol. The Morgan fingerprint density at radius 1 is 1.32 bits per heavy atom. The fourth-order valence-electron chi connectivity index (χ4n) is 4.10. The van der Waals surface area contributed by atoms with E-state index in [0.29, 0.717) is 29.9 Å². The molecule has 0 radical (unpaired) electrons. The van der Waals surface area contributed by atoms with Crippen molar-refractivity contribution in [3.8, 4) is 5.75 Å². The average Bonchev–Trinajstić information content (AvgIpc) is 2.59. The maximum atomic E-state index is 15.0. The highest BCUT2D eigenvalue weighted by molar-refractivity contribution is 6.04. The summed E-state index contributed by atoms with van der Waals surface area (Å²) in [6.07, 6.45) is 0.993. The molecule has 0 aromatic heterocycles. The second-order valence-electron chi connectivity index (χ2n) is 8.04. The van der Waals surface area contributed by atoms with Crippen LogP contribution >= 0.6 is 0 Å². The van der Waals surface area contributed by atoms with Gasteiger partial charge in [-0.2, -0.15) is 0 Å². The molecule has 1 heterocycles. The number of dihydropyridines is 1. The van der Waals surface area contributed by atoms with E-state index in [1.54, 1.807) is 26.0 Å². The number of Topliss-reactive ketones (excluding diaryl/α,β-unsaturated/α-hetero) is 1. The Morgan fingerprint density at radius 3 is 2.64 bits per heavy atom. The molecule has 2 aliphatic rings. The molecule has 1 aromatic carbocycles. The highest BCUT2D eigenvalue weighted by Crippen LogP contribution is 2.47. The number of rotatable bonds is 4. The van der Waals surface area contributed by atoms with E-state index < -0.39 is 17.7 Å². The second kappa shape index (κ2) is 7.41. The molecule has 0 unspecified atom stereocenters. The predicted molar refractivity (Wildman–Crippen MR) is 103 cm³/mol. The number of hydrogen-bond acceptors (Lipinski definition) is 5. The van der Waals surface area contributed by atoms with Crippen molar-refractivity contribution in [3.63, 3.8) is 0 Å². The third-order valence-corrected chi connectivity index (χ3v) is 5.25. The molecule has 0 amide bonds. The van der Waals surface area contributed by atoms with Crippen LogP contribution in [0.4, 0.5) is 4.39 Å². The molecule has 150 valence electrons.